The standard InChI is InChI=1S/C21H34N2O3/c1-16(2)14-15-19(24)23(22)18(20(25)26-21(3,4)5)13-9-12-17-10-7-6-8-11-17/h6-8,10-11,16,18H,9,12-15,22H2,1-5H3/t18-/m0/s1. The van der Waals surface area contributed by atoms with Crippen LogP contribution in [0.3, 0.4) is 0 Å². The number of benzene rings is 1. The van der Waals surface area contributed by atoms with Crippen LogP contribution in [0, 0.1) is 5.92 Å². The molecule has 26 heavy (non-hydrogen) atoms. The number of rotatable bonds is 9. The van der Waals surface area contributed by atoms with Gasteiger partial charge in [0, 0.05) is 6.42 Å². The van der Waals surface area contributed by atoms with Crippen molar-refractivity contribution in [3.05, 3.63) is 35.9 Å². The minimum Gasteiger partial charge on any atom is -0.458 e. The van der Waals surface area contributed by atoms with E-state index >= 15 is 0 Å². The van der Waals surface area contributed by atoms with E-state index in [2.05, 4.69) is 26.0 Å². The molecule has 1 amide bonds. The molecule has 2 N–H and O–H groups in total. The van der Waals surface area contributed by atoms with Gasteiger partial charge in [0.05, 0.1) is 0 Å². The molecule has 0 fully saturated rings. The lowest BCUT2D eigenvalue weighted by molar-refractivity contribution is -0.165. The average Bonchev–Trinajstić information content (AvgIpc) is 2.55. The van der Waals surface area contributed by atoms with Crippen LogP contribution < -0.4 is 5.84 Å². The monoisotopic (exact) mass is 362 g/mol. The normalized spacial score (nSPS) is 12.7. The van der Waals surface area contributed by atoms with Crippen LogP contribution in [0.25, 0.3) is 0 Å². The first kappa shape index (κ1) is 22.2. The Morgan fingerprint density at radius 2 is 1.73 bits per heavy atom. The fourth-order valence-corrected chi connectivity index (χ4v) is 2.60. The molecule has 1 atom stereocenters. The Morgan fingerprint density at radius 3 is 2.27 bits per heavy atom. The fourth-order valence-electron chi connectivity index (χ4n) is 2.60. The highest BCUT2D eigenvalue weighted by molar-refractivity contribution is 5.84. The van der Waals surface area contributed by atoms with Crippen LogP contribution in [-0.4, -0.2) is 28.5 Å². The largest absolute Gasteiger partial charge is 0.458 e. The number of nitrogens with two attached hydrogens (primary N) is 1. The van der Waals surface area contributed by atoms with Gasteiger partial charge in [-0.1, -0.05) is 44.2 Å². The molecule has 146 valence electrons. The van der Waals surface area contributed by atoms with Gasteiger partial charge in [-0.05, 0) is 57.9 Å². The van der Waals surface area contributed by atoms with Gasteiger partial charge in [0.2, 0.25) is 5.91 Å². The number of aryl methyl sites for hydroxylation is 1. The van der Waals surface area contributed by atoms with E-state index in [1.54, 1.807) is 0 Å². The van der Waals surface area contributed by atoms with Crippen molar-refractivity contribution in [1.82, 2.24) is 5.01 Å². The Hall–Kier alpha value is -1.88. The van der Waals surface area contributed by atoms with Crippen LogP contribution in [-0.2, 0) is 20.7 Å². The molecule has 1 aromatic rings. The van der Waals surface area contributed by atoms with Gasteiger partial charge in [-0.3, -0.25) is 9.80 Å². The molecule has 5 heteroatoms. The third-order valence-corrected chi connectivity index (χ3v) is 4.02. The molecule has 0 bridgehead atoms. The van der Waals surface area contributed by atoms with Crippen molar-refractivity contribution < 1.29 is 14.3 Å². The summed E-state index contributed by atoms with van der Waals surface area (Å²) in [5.41, 5.74) is 0.585. The molecule has 1 rings (SSSR count). The third kappa shape index (κ3) is 8.48. The van der Waals surface area contributed by atoms with Crippen LogP contribution in [0.15, 0.2) is 30.3 Å². The lowest BCUT2D eigenvalue weighted by Gasteiger charge is -2.29. The molecule has 0 saturated carbocycles. The van der Waals surface area contributed by atoms with Crippen molar-refractivity contribution in [2.75, 3.05) is 0 Å². The number of hydrogen-bond acceptors (Lipinski definition) is 4. The highest BCUT2D eigenvalue weighted by atomic mass is 16.6. The second-order valence-corrected chi connectivity index (χ2v) is 8.16. The zero-order valence-corrected chi connectivity index (χ0v) is 16.8. The molecule has 0 saturated heterocycles. The molecular weight excluding hydrogens is 328 g/mol. The number of hydrazine groups is 1. The number of nitrogens with zero attached hydrogens (tertiary/aromatic N) is 1. The van der Waals surface area contributed by atoms with Crippen LogP contribution in [0.2, 0.25) is 0 Å². The minimum absolute atomic E-state index is 0.214. The quantitative estimate of drug-likeness (QED) is 0.313. The van der Waals surface area contributed by atoms with E-state index in [0.29, 0.717) is 18.8 Å². The van der Waals surface area contributed by atoms with E-state index in [9.17, 15) is 9.59 Å². The predicted octanol–water partition coefficient (Wildman–Crippen LogP) is 3.86. The van der Waals surface area contributed by atoms with Crippen molar-refractivity contribution in [3.63, 3.8) is 0 Å². The van der Waals surface area contributed by atoms with Crippen LogP contribution >= 0.6 is 0 Å². The van der Waals surface area contributed by atoms with E-state index < -0.39 is 17.6 Å². The molecule has 0 unspecified atom stereocenters. The van der Waals surface area contributed by atoms with Gasteiger partial charge in [0.25, 0.3) is 0 Å². The molecule has 0 aliphatic rings. The molecule has 0 aliphatic heterocycles. The highest BCUT2D eigenvalue weighted by Gasteiger charge is 2.31. The number of ether oxygens (including phenoxy) is 1. The van der Waals surface area contributed by atoms with Gasteiger partial charge in [-0.2, -0.15) is 0 Å². The van der Waals surface area contributed by atoms with E-state index in [0.717, 1.165) is 24.3 Å². The Labute approximate surface area is 157 Å². The maximum atomic E-state index is 12.6. The first-order valence-corrected chi connectivity index (χ1v) is 9.43. The lowest BCUT2D eigenvalue weighted by atomic mass is 10.0. The smallest absolute Gasteiger partial charge is 0.330 e. The average molecular weight is 363 g/mol. The van der Waals surface area contributed by atoms with Crippen molar-refractivity contribution in [1.29, 1.82) is 0 Å². The zero-order valence-electron chi connectivity index (χ0n) is 16.8. The SMILES string of the molecule is CC(C)CCC(=O)N(N)[C@@H](CCCc1ccccc1)C(=O)OC(C)(C)C. The Bertz CT molecular complexity index is 564. The van der Waals surface area contributed by atoms with E-state index in [-0.39, 0.29) is 5.91 Å². The highest BCUT2D eigenvalue weighted by Crippen LogP contribution is 2.16. The lowest BCUT2D eigenvalue weighted by Crippen LogP contribution is -2.51. The minimum atomic E-state index is -0.752. The summed E-state index contributed by atoms with van der Waals surface area (Å²) in [5.74, 6) is 5.79. The molecule has 1 aromatic carbocycles. The van der Waals surface area contributed by atoms with Crippen molar-refractivity contribution in [2.24, 2.45) is 11.8 Å². The van der Waals surface area contributed by atoms with Crippen molar-refractivity contribution >= 4 is 11.9 Å². The topological polar surface area (TPSA) is 72.6 Å². The van der Waals surface area contributed by atoms with E-state index in [4.69, 9.17) is 10.6 Å². The van der Waals surface area contributed by atoms with Gasteiger partial charge in [-0.25, -0.2) is 10.6 Å². The van der Waals surface area contributed by atoms with Crippen molar-refractivity contribution in [3.8, 4) is 0 Å². The first-order chi connectivity index (χ1) is 12.1. The zero-order chi connectivity index (χ0) is 19.7. The maximum Gasteiger partial charge on any atom is 0.330 e. The summed E-state index contributed by atoms with van der Waals surface area (Å²) >= 11 is 0. The van der Waals surface area contributed by atoms with Gasteiger partial charge in [0.1, 0.15) is 11.6 Å². The number of carbonyl (C=O) groups is 2. The second-order valence-electron chi connectivity index (χ2n) is 8.16. The number of carbonyl (C=O) groups excluding carboxylic acids is 2. The third-order valence-electron chi connectivity index (χ3n) is 4.02. The van der Waals surface area contributed by atoms with Gasteiger partial charge in [-0.15, -0.1) is 0 Å². The van der Waals surface area contributed by atoms with Gasteiger partial charge < -0.3 is 4.74 Å². The Balaban J connectivity index is 2.73. The first-order valence-electron chi connectivity index (χ1n) is 9.43. The van der Waals surface area contributed by atoms with E-state index in [1.807, 2.05) is 39.0 Å². The molecule has 0 heterocycles. The summed E-state index contributed by atoms with van der Waals surface area (Å²) in [6.07, 6.45) is 3.14. The summed E-state index contributed by atoms with van der Waals surface area (Å²) in [7, 11) is 0. The summed E-state index contributed by atoms with van der Waals surface area (Å²) < 4.78 is 5.49. The molecule has 0 aliphatic carbocycles. The number of esters is 1. The van der Waals surface area contributed by atoms with Crippen molar-refractivity contribution in [2.45, 2.75) is 78.4 Å². The molecule has 0 spiro atoms. The van der Waals surface area contributed by atoms with Gasteiger partial charge >= 0.3 is 5.97 Å². The predicted molar refractivity (Wildman–Crippen MR) is 104 cm³/mol. The van der Waals surface area contributed by atoms with Crippen LogP contribution in [0.1, 0.15) is 65.9 Å². The Kier molecular flexibility index (Phi) is 8.79. The summed E-state index contributed by atoms with van der Waals surface area (Å²) in [4.78, 5) is 25.0. The fraction of sp³-hybridized carbons (Fsp3) is 0.619. The summed E-state index contributed by atoms with van der Waals surface area (Å²) in [6.45, 7) is 9.55. The number of hydrogen-bond donors (Lipinski definition) is 1. The molecule has 0 radical (unpaired) electrons. The van der Waals surface area contributed by atoms with Gasteiger partial charge in [0.15, 0.2) is 0 Å². The summed E-state index contributed by atoms with van der Waals surface area (Å²) in [6, 6.07) is 9.31. The molecular formula is C21H34N2O3. The molecule has 0 aromatic heterocycles. The van der Waals surface area contributed by atoms with E-state index in [1.165, 1.54) is 5.56 Å². The maximum absolute atomic E-state index is 12.6. The second kappa shape index (κ2) is 10.3. The number of amides is 1. The van der Waals surface area contributed by atoms with Crippen LogP contribution in [0.5, 0.6) is 0 Å². The Morgan fingerprint density at radius 1 is 1.12 bits per heavy atom. The molecule has 5 nitrogen and oxygen atoms in total. The summed E-state index contributed by atoms with van der Waals surface area (Å²) in [5, 5.41) is 1.08. The van der Waals surface area contributed by atoms with Crippen LogP contribution in [0.4, 0.5) is 0 Å².